The number of aryl methyl sites for hydroxylation is 1. The molecular formula is C42H50N3+. The maximum atomic E-state index is 2.75. The first-order valence-corrected chi connectivity index (χ1v) is 17.2. The topological polar surface area (TPSA) is 13.7 Å². The van der Waals surface area contributed by atoms with Crippen molar-refractivity contribution in [3.63, 3.8) is 0 Å². The van der Waals surface area contributed by atoms with Gasteiger partial charge in [-0.1, -0.05) is 97.0 Å². The number of rotatable bonds is 7. The minimum Gasteiger partial charge on any atom is -0.343 e. The van der Waals surface area contributed by atoms with Crippen LogP contribution in [0.2, 0.25) is 0 Å². The summed E-state index contributed by atoms with van der Waals surface area (Å²) in [7, 11) is 2.27. The molecule has 0 spiro atoms. The van der Waals surface area contributed by atoms with Crippen LogP contribution in [0.25, 0.3) is 49.9 Å². The highest BCUT2D eigenvalue weighted by atomic mass is 15.2. The van der Waals surface area contributed by atoms with Gasteiger partial charge in [0.25, 0.3) is 5.82 Å². The van der Waals surface area contributed by atoms with E-state index in [0.717, 1.165) is 25.7 Å². The Bertz CT molecular complexity index is 2090. The van der Waals surface area contributed by atoms with Gasteiger partial charge >= 0.3 is 0 Å². The molecule has 4 aromatic carbocycles. The predicted octanol–water partition coefficient (Wildman–Crippen LogP) is 10.4. The van der Waals surface area contributed by atoms with Gasteiger partial charge in [-0.2, -0.15) is 4.57 Å². The van der Waals surface area contributed by atoms with Crippen molar-refractivity contribution in [1.29, 1.82) is 0 Å². The molecule has 232 valence electrons. The molecule has 6 aromatic rings. The van der Waals surface area contributed by atoms with Gasteiger partial charge in [0.1, 0.15) is 11.2 Å². The van der Waals surface area contributed by atoms with Gasteiger partial charge in [-0.3, -0.25) is 0 Å². The van der Waals surface area contributed by atoms with Crippen LogP contribution in [0.15, 0.2) is 78.9 Å². The average Bonchev–Trinajstić information content (AvgIpc) is 3.52. The minimum atomic E-state index is -0.101. The van der Waals surface area contributed by atoms with E-state index in [2.05, 4.69) is 155 Å². The van der Waals surface area contributed by atoms with Crippen LogP contribution in [0.5, 0.6) is 0 Å². The van der Waals surface area contributed by atoms with E-state index >= 15 is 0 Å². The Morgan fingerprint density at radius 1 is 0.733 bits per heavy atom. The summed E-state index contributed by atoms with van der Waals surface area (Å²) in [4.78, 5) is 0. The molecule has 0 radical (unpaired) electrons. The molecule has 2 aromatic heterocycles. The van der Waals surface area contributed by atoms with Crippen LogP contribution in [0.1, 0.15) is 84.9 Å². The largest absolute Gasteiger partial charge is 0.343 e. The van der Waals surface area contributed by atoms with Crippen LogP contribution in [-0.2, 0) is 30.8 Å². The molecule has 3 heteroatoms. The fourth-order valence-corrected chi connectivity index (χ4v) is 8.91. The van der Waals surface area contributed by atoms with Gasteiger partial charge in [-0.15, -0.1) is 0 Å². The lowest BCUT2D eigenvalue weighted by Gasteiger charge is -2.47. The van der Waals surface area contributed by atoms with E-state index in [1.54, 1.807) is 0 Å². The molecule has 0 saturated carbocycles. The lowest BCUT2D eigenvalue weighted by molar-refractivity contribution is -0.743. The zero-order valence-corrected chi connectivity index (χ0v) is 28.8. The first-order valence-electron chi connectivity index (χ1n) is 17.2. The number of benzene rings is 4. The van der Waals surface area contributed by atoms with Crippen LogP contribution in [-0.4, -0.2) is 9.13 Å². The van der Waals surface area contributed by atoms with Crippen LogP contribution in [0.4, 0.5) is 0 Å². The molecule has 0 saturated heterocycles. The summed E-state index contributed by atoms with van der Waals surface area (Å²) >= 11 is 0. The second-order valence-electron chi connectivity index (χ2n) is 14.9. The Balaban J connectivity index is 1.74. The third kappa shape index (κ3) is 4.05. The minimum absolute atomic E-state index is 0.00765. The van der Waals surface area contributed by atoms with Gasteiger partial charge in [0, 0.05) is 39.9 Å². The van der Waals surface area contributed by atoms with Gasteiger partial charge in [0.05, 0.1) is 11.1 Å². The number of para-hydroxylation sites is 3. The van der Waals surface area contributed by atoms with Crippen LogP contribution in [0.3, 0.4) is 0 Å². The van der Waals surface area contributed by atoms with E-state index in [1.807, 2.05) is 0 Å². The van der Waals surface area contributed by atoms with E-state index in [0.29, 0.717) is 11.8 Å². The number of fused-ring (bicyclic) bond motifs is 8. The van der Waals surface area contributed by atoms with E-state index in [-0.39, 0.29) is 11.0 Å². The van der Waals surface area contributed by atoms with Crippen LogP contribution < -0.4 is 4.57 Å². The molecule has 2 unspecified atom stereocenters. The fourth-order valence-electron chi connectivity index (χ4n) is 8.91. The Kier molecular flexibility index (Phi) is 7.04. The maximum Gasteiger partial charge on any atom is 0.295 e. The highest BCUT2D eigenvalue weighted by Crippen LogP contribution is 2.52. The molecule has 7 rings (SSSR count). The summed E-state index contributed by atoms with van der Waals surface area (Å²) in [5.41, 5.74) is 12.4. The summed E-state index contributed by atoms with van der Waals surface area (Å²) in [5, 5.41) is 2.74. The van der Waals surface area contributed by atoms with Crippen LogP contribution >= 0.6 is 0 Å². The number of hydrogen-bond donors (Lipinski definition) is 0. The molecular weight excluding hydrogens is 546 g/mol. The first-order chi connectivity index (χ1) is 21.6. The molecule has 1 aliphatic heterocycles. The summed E-state index contributed by atoms with van der Waals surface area (Å²) in [6.07, 6.45) is 4.19. The van der Waals surface area contributed by atoms with E-state index in [4.69, 9.17) is 0 Å². The Morgan fingerprint density at radius 3 is 2.07 bits per heavy atom. The van der Waals surface area contributed by atoms with Crippen molar-refractivity contribution in [3.8, 4) is 17.1 Å². The highest BCUT2D eigenvalue weighted by Gasteiger charge is 2.56. The standard InChI is InChI=1S/C42H50N3/c1-10-41(7)34-20-14-12-19-31(34)40-44(36-22-16-17-23-37(36)45(40)42(41,8)11-2)38-29(24-27(3)4)26-32-30-18-13-15-21-35(30)43(9)39(32)33(38)25-28(5)6/h12-23,26-28H,10-11,24-25H2,1-9H3/q+1. The van der Waals surface area contributed by atoms with Crippen molar-refractivity contribution in [2.75, 3.05) is 0 Å². The number of imidazole rings is 1. The SMILES string of the molecule is CCC1(C)c2ccccc2-c2n(-c3c(CC(C)C)cc4c5ccccc5n(C)c4c3CC(C)C)c3ccccc3[n+]2C1(C)CC. The van der Waals surface area contributed by atoms with Crippen LogP contribution in [0, 0.1) is 11.8 Å². The van der Waals surface area contributed by atoms with Gasteiger partial charge in [-0.25, -0.2) is 4.57 Å². The normalized spacial score (nSPS) is 19.7. The molecule has 0 amide bonds. The first kappa shape index (κ1) is 29.8. The Labute approximate surface area is 269 Å². The third-order valence-corrected chi connectivity index (χ3v) is 11.4. The summed E-state index contributed by atoms with van der Waals surface area (Å²) in [5.74, 6) is 2.38. The molecule has 1 aliphatic rings. The van der Waals surface area contributed by atoms with E-state index < -0.39 is 0 Å². The van der Waals surface area contributed by atoms with Crippen molar-refractivity contribution < 1.29 is 4.57 Å². The molecule has 0 aliphatic carbocycles. The van der Waals surface area contributed by atoms with Crippen molar-refractivity contribution in [2.45, 2.75) is 92.0 Å². The molecule has 0 fully saturated rings. The predicted molar refractivity (Wildman–Crippen MR) is 192 cm³/mol. The van der Waals surface area contributed by atoms with Crippen molar-refractivity contribution in [1.82, 2.24) is 9.13 Å². The second-order valence-corrected chi connectivity index (χ2v) is 14.9. The van der Waals surface area contributed by atoms with Crippen molar-refractivity contribution >= 4 is 32.8 Å². The van der Waals surface area contributed by atoms with Crippen molar-refractivity contribution in [2.24, 2.45) is 18.9 Å². The monoisotopic (exact) mass is 596 g/mol. The fraction of sp³-hybridized carbons (Fsp3) is 0.405. The van der Waals surface area contributed by atoms with Gasteiger partial charge in [0.2, 0.25) is 0 Å². The second kappa shape index (κ2) is 10.6. The summed E-state index contributed by atoms with van der Waals surface area (Å²) < 4.78 is 7.91. The average molecular weight is 597 g/mol. The maximum absolute atomic E-state index is 2.75. The Hall–Kier alpha value is -3.85. The van der Waals surface area contributed by atoms with Crippen molar-refractivity contribution in [3.05, 3.63) is 95.6 Å². The summed E-state index contributed by atoms with van der Waals surface area (Å²) in [6.45, 7) is 19.3. The van der Waals surface area contributed by atoms with E-state index in [1.165, 1.54) is 66.6 Å². The van der Waals surface area contributed by atoms with Gasteiger partial charge in [0.15, 0.2) is 11.0 Å². The van der Waals surface area contributed by atoms with Gasteiger partial charge in [-0.05, 0) is 80.3 Å². The molecule has 3 nitrogen and oxygen atoms in total. The molecule has 45 heavy (non-hydrogen) atoms. The number of aromatic nitrogens is 3. The number of hydrogen-bond acceptors (Lipinski definition) is 0. The highest BCUT2D eigenvalue weighted by molar-refractivity contribution is 6.10. The molecule has 3 heterocycles. The third-order valence-electron chi connectivity index (χ3n) is 11.4. The van der Waals surface area contributed by atoms with Gasteiger partial charge < -0.3 is 4.57 Å². The molecule has 2 atom stereocenters. The zero-order chi connectivity index (χ0) is 31.8. The molecule has 0 bridgehead atoms. The molecule has 0 N–H and O–H groups in total. The van der Waals surface area contributed by atoms with E-state index in [9.17, 15) is 0 Å². The lowest BCUT2D eigenvalue weighted by Crippen LogP contribution is -2.67. The smallest absolute Gasteiger partial charge is 0.295 e. The quantitative estimate of drug-likeness (QED) is 0.163. The zero-order valence-electron chi connectivity index (χ0n) is 28.8. The summed E-state index contributed by atoms with van der Waals surface area (Å²) in [6, 6.07) is 30.0. The lowest BCUT2D eigenvalue weighted by atomic mass is 9.61. The number of nitrogens with zero attached hydrogens (tertiary/aromatic N) is 3. The Morgan fingerprint density at radius 2 is 1.38 bits per heavy atom.